The van der Waals surface area contributed by atoms with E-state index >= 15 is 0 Å². The van der Waals surface area contributed by atoms with Crippen LogP contribution in [0.2, 0.25) is 5.28 Å². The molecule has 2 aliphatic heterocycles. The Balaban J connectivity index is 1.97. The molecule has 5 nitrogen and oxygen atoms in total. The topological polar surface area (TPSA) is 75.3 Å². The second-order valence-corrected chi connectivity index (χ2v) is 5.17. The molecular formula is C11H15ClN4O. The van der Waals surface area contributed by atoms with E-state index in [2.05, 4.69) is 14.9 Å². The largest absolute Gasteiger partial charge is 0.394 e. The van der Waals surface area contributed by atoms with E-state index in [1.54, 1.807) is 6.20 Å². The minimum atomic E-state index is -0.192. The minimum Gasteiger partial charge on any atom is -0.394 e. The lowest BCUT2D eigenvalue weighted by atomic mass is 10.00. The fourth-order valence-electron chi connectivity index (χ4n) is 3.06. The maximum Gasteiger partial charge on any atom is 0.224 e. The first-order valence-electron chi connectivity index (χ1n) is 5.89. The van der Waals surface area contributed by atoms with Crippen LogP contribution in [-0.4, -0.2) is 33.3 Å². The monoisotopic (exact) mass is 254 g/mol. The molecule has 17 heavy (non-hydrogen) atoms. The zero-order valence-electron chi connectivity index (χ0n) is 9.38. The molecule has 2 aliphatic rings. The number of rotatable bonds is 1. The standard InChI is InChI=1S/C11H15ClN4O/c12-11-14-5-9(13)10(15-11)16-6-1-2-7(16)4-8(17)3-6/h5-8,17H,1-4,13H2. The maximum atomic E-state index is 9.76. The Morgan fingerprint density at radius 3 is 2.65 bits per heavy atom. The molecule has 0 saturated carbocycles. The lowest BCUT2D eigenvalue weighted by Crippen LogP contribution is -2.45. The Hall–Kier alpha value is -1.07. The Kier molecular flexibility index (Phi) is 2.60. The molecule has 92 valence electrons. The minimum absolute atomic E-state index is 0.192. The van der Waals surface area contributed by atoms with E-state index in [9.17, 15) is 5.11 Å². The van der Waals surface area contributed by atoms with Gasteiger partial charge in [-0.3, -0.25) is 0 Å². The molecule has 0 radical (unpaired) electrons. The number of anilines is 2. The highest BCUT2D eigenvalue weighted by atomic mass is 35.5. The van der Waals surface area contributed by atoms with Crippen LogP contribution in [0.5, 0.6) is 0 Å². The third-order valence-electron chi connectivity index (χ3n) is 3.72. The van der Waals surface area contributed by atoms with Crippen LogP contribution in [0, 0.1) is 0 Å². The quantitative estimate of drug-likeness (QED) is 0.737. The summed E-state index contributed by atoms with van der Waals surface area (Å²) >= 11 is 5.83. The third kappa shape index (κ3) is 1.83. The number of nitrogens with two attached hydrogens (primary N) is 1. The average molecular weight is 255 g/mol. The maximum absolute atomic E-state index is 9.76. The number of aromatic nitrogens is 2. The van der Waals surface area contributed by atoms with E-state index in [0.29, 0.717) is 17.8 Å². The van der Waals surface area contributed by atoms with Crippen molar-refractivity contribution in [3.63, 3.8) is 0 Å². The Morgan fingerprint density at radius 2 is 2.00 bits per heavy atom. The molecule has 2 bridgehead atoms. The number of aliphatic hydroxyl groups excluding tert-OH is 1. The summed E-state index contributed by atoms with van der Waals surface area (Å²) in [4.78, 5) is 10.3. The van der Waals surface area contributed by atoms with Crippen molar-refractivity contribution in [1.82, 2.24) is 9.97 Å². The number of fused-ring (bicyclic) bond motifs is 2. The number of halogens is 1. The fourth-order valence-corrected chi connectivity index (χ4v) is 3.19. The third-order valence-corrected chi connectivity index (χ3v) is 3.90. The van der Waals surface area contributed by atoms with Crippen molar-refractivity contribution < 1.29 is 5.11 Å². The molecule has 3 N–H and O–H groups in total. The van der Waals surface area contributed by atoms with Crippen LogP contribution in [0.3, 0.4) is 0 Å². The molecule has 1 aromatic heterocycles. The van der Waals surface area contributed by atoms with Crippen LogP contribution in [0.25, 0.3) is 0 Å². The lowest BCUT2D eigenvalue weighted by molar-refractivity contribution is 0.126. The first-order chi connectivity index (χ1) is 8.15. The summed E-state index contributed by atoms with van der Waals surface area (Å²) in [5, 5.41) is 9.98. The van der Waals surface area contributed by atoms with Gasteiger partial charge < -0.3 is 15.7 Å². The normalized spacial score (nSPS) is 31.9. The van der Waals surface area contributed by atoms with Gasteiger partial charge in [0.15, 0.2) is 5.82 Å². The van der Waals surface area contributed by atoms with E-state index in [1.807, 2.05) is 0 Å². The van der Waals surface area contributed by atoms with Crippen LogP contribution in [0.4, 0.5) is 11.5 Å². The van der Waals surface area contributed by atoms with Crippen molar-refractivity contribution in [3.8, 4) is 0 Å². The zero-order chi connectivity index (χ0) is 12.0. The van der Waals surface area contributed by atoms with Crippen LogP contribution in [-0.2, 0) is 0 Å². The van der Waals surface area contributed by atoms with Crippen LogP contribution in [0.1, 0.15) is 25.7 Å². The highest BCUT2D eigenvalue weighted by molar-refractivity contribution is 6.28. The van der Waals surface area contributed by atoms with Gasteiger partial charge in [0.2, 0.25) is 5.28 Å². The highest BCUT2D eigenvalue weighted by Crippen LogP contribution is 2.40. The predicted molar refractivity (Wildman–Crippen MR) is 66.0 cm³/mol. The van der Waals surface area contributed by atoms with E-state index in [0.717, 1.165) is 31.5 Å². The number of hydrogen-bond acceptors (Lipinski definition) is 5. The second-order valence-electron chi connectivity index (χ2n) is 4.84. The smallest absolute Gasteiger partial charge is 0.224 e. The first-order valence-corrected chi connectivity index (χ1v) is 6.27. The van der Waals surface area contributed by atoms with Crippen molar-refractivity contribution in [2.24, 2.45) is 0 Å². The van der Waals surface area contributed by atoms with Gasteiger partial charge in [-0.15, -0.1) is 0 Å². The molecule has 6 heteroatoms. The number of hydrogen-bond donors (Lipinski definition) is 2. The molecule has 0 aromatic carbocycles. The summed E-state index contributed by atoms with van der Waals surface area (Å²) < 4.78 is 0. The zero-order valence-corrected chi connectivity index (χ0v) is 10.1. The Bertz CT molecular complexity index is 427. The van der Waals surface area contributed by atoms with Crippen LogP contribution >= 0.6 is 11.6 Å². The van der Waals surface area contributed by atoms with Crippen molar-refractivity contribution in [2.75, 3.05) is 10.6 Å². The summed E-state index contributed by atoms with van der Waals surface area (Å²) in [6.07, 6.45) is 5.11. The number of nitrogens with zero attached hydrogens (tertiary/aromatic N) is 3. The molecule has 2 atom stereocenters. The van der Waals surface area contributed by atoms with Crippen LogP contribution in [0.15, 0.2) is 6.20 Å². The molecule has 1 aromatic rings. The highest BCUT2D eigenvalue weighted by Gasteiger charge is 2.41. The molecule has 2 unspecified atom stereocenters. The molecule has 2 fully saturated rings. The van der Waals surface area contributed by atoms with Crippen molar-refractivity contribution in [3.05, 3.63) is 11.5 Å². The summed E-state index contributed by atoms with van der Waals surface area (Å²) in [6.45, 7) is 0. The van der Waals surface area contributed by atoms with Crippen LogP contribution < -0.4 is 10.6 Å². The first kappa shape index (κ1) is 11.0. The average Bonchev–Trinajstić information content (AvgIpc) is 2.54. The molecule has 3 rings (SSSR count). The van der Waals surface area contributed by atoms with Gasteiger partial charge in [0.25, 0.3) is 0 Å². The van der Waals surface area contributed by atoms with E-state index in [4.69, 9.17) is 17.3 Å². The van der Waals surface area contributed by atoms with Crippen molar-refractivity contribution in [1.29, 1.82) is 0 Å². The van der Waals surface area contributed by atoms with Gasteiger partial charge in [-0.1, -0.05) is 0 Å². The van der Waals surface area contributed by atoms with E-state index in [1.165, 1.54) is 0 Å². The lowest BCUT2D eigenvalue weighted by Gasteiger charge is -2.38. The SMILES string of the molecule is Nc1cnc(Cl)nc1N1C2CCC1CC(O)C2. The van der Waals surface area contributed by atoms with Gasteiger partial charge in [0.05, 0.1) is 18.0 Å². The molecule has 0 spiro atoms. The Labute approximate surface area is 105 Å². The van der Waals surface area contributed by atoms with Gasteiger partial charge in [0, 0.05) is 12.1 Å². The summed E-state index contributed by atoms with van der Waals surface area (Å²) in [5.74, 6) is 0.726. The molecule has 0 aliphatic carbocycles. The van der Waals surface area contributed by atoms with E-state index in [-0.39, 0.29) is 11.4 Å². The summed E-state index contributed by atoms with van der Waals surface area (Å²) in [6, 6.07) is 0.661. The van der Waals surface area contributed by atoms with Gasteiger partial charge in [-0.25, -0.2) is 4.98 Å². The van der Waals surface area contributed by atoms with Crippen molar-refractivity contribution >= 4 is 23.1 Å². The summed E-state index contributed by atoms with van der Waals surface area (Å²) in [5.41, 5.74) is 6.48. The molecular weight excluding hydrogens is 240 g/mol. The van der Waals surface area contributed by atoms with Gasteiger partial charge in [-0.05, 0) is 37.3 Å². The van der Waals surface area contributed by atoms with Gasteiger partial charge >= 0.3 is 0 Å². The van der Waals surface area contributed by atoms with E-state index < -0.39 is 0 Å². The van der Waals surface area contributed by atoms with Gasteiger partial charge in [-0.2, -0.15) is 4.98 Å². The number of piperidine rings is 1. The molecule has 0 amide bonds. The Morgan fingerprint density at radius 1 is 1.35 bits per heavy atom. The van der Waals surface area contributed by atoms with Gasteiger partial charge in [0.1, 0.15) is 0 Å². The second kappa shape index (κ2) is 3.99. The molecule has 3 heterocycles. The summed E-state index contributed by atoms with van der Waals surface area (Å²) in [7, 11) is 0. The number of aliphatic hydroxyl groups is 1. The predicted octanol–water partition coefficient (Wildman–Crippen LogP) is 1.20. The number of nitrogen functional groups attached to an aromatic ring is 1. The molecule has 2 saturated heterocycles. The fraction of sp³-hybridized carbons (Fsp3) is 0.636. The van der Waals surface area contributed by atoms with Crippen molar-refractivity contribution in [2.45, 2.75) is 43.9 Å².